The number of esters is 1. The van der Waals surface area contributed by atoms with Crippen molar-refractivity contribution in [2.75, 3.05) is 6.61 Å². The van der Waals surface area contributed by atoms with Crippen LogP contribution in [0.25, 0.3) is 6.08 Å². The molecule has 0 radical (unpaired) electrons. The van der Waals surface area contributed by atoms with E-state index in [0.29, 0.717) is 43.9 Å². The molecule has 5 rings (SSSR count). The van der Waals surface area contributed by atoms with Gasteiger partial charge in [0.05, 0.1) is 28.5 Å². The number of rotatable bonds is 8. The molecular weight excluding hydrogens is 556 g/mol. The van der Waals surface area contributed by atoms with Gasteiger partial charge in [0, 0.05) is 16.1 Å². The number of carbonyl (C=O) groups excluding carboxylic acids is 1. The number of thiazole rings is 1. The number of carbonyl (C=O) groups is 1. The van der Waals surface area contributed by atoms with E-state index in [9.17, 15) is 9.59 Å². The highest BCUT2D eigenvalue weighted by Gasteiger charge is 2.33. The van der Waals surface area contributed by atoms with Gasteiger partial charge in [-0.3, -0.25) is 9.36 Å². The molecule has 41 heavy (non-hydrogen) atoms. The molecule has 6 nitrogen and oxygen atoms in total. The van der Waals surface area contributed by atoms with Crippen LogP contribution in [0.4, 0.5) is 0 Å². The second-order valence-electron chi connectivity index (χ2n) is 10.0. The zero-order valence-corrected chi connectivity index (χ0v) is 25.0. The topological polar surface area (TPSA) is 69.9 Å². The van der Waals surface area contributed by atoms with Crippen molar-refractivity contribution in [1.82, 2.24) is 4.57 Å². The summed E-state index contributed by atoms with van der Waals surface area (Å²) in [5.41, 5.74) is 4.29. The zero-order valence-electron chi connectivity index (χ0n) is 23.4. The molecule has 3 aromatic carbocycles. The van der Waals surface area contributed by atoms with E-state index in [1.165, 1.54) is 16.9 Å². The van der Waals surface area contributed by atoms with Gasteiger partial charge in [-0.05, 0) is 49.1 Å². The first-order valence-electron chi connectivity index (χ1n) is 13.5. The summed E-state index contributed by atoms with van der Waals surface area (Å²) >= 11 is 7.60. The van der Waals surface area contributed by atoms with Crippen molar-refractivity contribution >= 4 is 35.0 Å². The Morgan fingerprint density at radius 3 is 2.49 bits per heavy atom. The van der Waals surface area contributed by atoms with Crippen molar-refractivity contribution in [2.45, 2.75) is 46.3 Å². The van der Waals surface area contributed by atoms with Crippen LogP contribution < -0.4 is 19.6 Å². The number of nitrogens with zero attached hydrogens (tertiary/aromatic N) is 2. The molecular formula is C33H31ClN2O4S. The Hall–Kier alpha value is -3.94. The molecule has 0 N–H and O–H groups in total. The summed E-state index contributed by atoms with van der Waals surface area (Å²) in [5, 5.41) is 0.632. The fraction of sp³-hybridized carbons (Fsp3) is 0.242. The van der Waals surface area contributed by atoms with Crippen LogP contribution in [0.1, 0.15) is 61.9 Å². The Morgan fingerprint density at radius 2 is 1.78 bits per heavy atom. The third-order valence-corrected chi connectivity index (χ3v) is 8.33. The first-order valence-corrected chi connectivity index (χ1v) is 14.7. The number of halogens is 1. The molecule has 2 heterocycles. The standard InChI is InChI=1S/C33H31ClN2O4S/c1-5-39-32(38)29-21(4)35-33-36(30(29)23-16-14-22(15-17-23)20(2)3)31(37)28(41-33)18-24-10-7-9-13-27(24)40-19-25-11-6-8-12-26(25)34/h6-18,20,30H,5,19H2,1-4H3/b28-18-/t30-/m1/s1. The fourth-order valence-electron chi connectivity index (χ4n) is 4.81. The number of aromatic nitrogens is 1. The number of hydrogen-bond donors (Lipinski definition) is 0. The second kappa shape index (κ2) is 12.3. The van der Waals surface area contributed by atoms with E-state index in [1.54, 1.807) is 18.4 Å². The van der Waals surface area contributed by atoms with Crippen molar-refractivity contribution < 1.29 is 14.3 Å². The highest BCUT2D eigenvalue weighted by atomic mass is 35.5. The summed E-state index contributed by atoms with van der Waals surface area (Å²) in [6, 6.07) is 22.5. The fourth-order valence-corrected chi connectivity index (χ4v) is 6.04. The third-order valence-electron chi connectivity index (χ3n) is 6.98. The highest BCUT2D eigenvalue weighted by Crippen LogP contribution is 2.31. The van der Waals surface area contributed by atoms with Gasteiger partial charge in [-0.2, -0.15) is 0 Å². The summed E-state index contributed by atoms with van der Waals surface area (Å²) in [5.74, 6) is 0.509. The van der Waals surface area contributed by atoms with E-state index in [-0.39, 0.29) is 12.2 Å². The average molecular weight is 587 g/mol. The maximum atomic E-state index is 14.0. The second-order valence-corrected chi connectivity index (χ2v) is 11.5. The first-order chi connectivity index (χ1) is 19.8. The van der Waals surface area contributed by atoms with Crippen LogP contribution >= 0.6 is 22.9 Å². The predicted octanol–water partition coefficient (Wildman–Crippen LogP) is 6.15. The molecule has 1 aliphatic rings. The van der Waals surface area contributed by atoms with E-state index in [4.69, 9.17) is 21.1 Å². The van der Waals surface area contributed by atoms with Gasteiger partial charge in [-0.1, -0.05) is 97.4 Å². The lowest BCUT2D eigenvalue weighted by Gasteiger charge is -2.25. The molecule has 0 spiro atoms. The molecule has 0 amide bonds. The molecule has 8 heteroatoms. The average Bonchev–Trinajstić information content (AvgIpc) is 3.26. The van der Waals surface area contributed by atoms with Crippen molar-refractivity contribution in [3.05, 3.63) is 131 Å². The van der Waals surface area contributed by atoms with Crippen LogP contribution in [0.15, 0.2) is 93.9 Å². The number of benzene rings is 3. The minimum Gasteiger partial charge on any atom is -0.488 e. The predicted molar refractivity (Wildman–Crippen MR) is 163 cm³/mol. The van der Waals surface area contributed by atoms with Crippen LogP contribution in [-0.4, -0.2) is 17.1 Å². The van der Waals surface area contributed by atoms with Gasteiger partial charge >= 0.3 is 5.97 Å². The highest BCUT2D eigenvalue weighted by molar-refractivity contribution is 7.07. The molecule has 0 fully saturated rings. The van der Waals surface area contributed by atoms with Crippen molar-refractivity contribution in [3.63, 3.8) is 0 Å². The van der Waals surface area contributed by atoms with Gasteiger partial charge in [0.1, 0.15) is 12.4 Å². The minimum atomic E-state index is -0.652. The van der Waals surface area contributed by atoms with Gasteiger partial charge in [-0.15, -0.1) is 0 Å². The maximum absolute atomic E-state index is 14.0. The van der Waals surface area contributed by atoms with Crippen LogP contribution in [-0.2, 0) is 16.1 Å². The largest absolute Gasteiger partial charge is 0.488 e. The molecule has 0 saturated carbocycles. The number of para-hydroxylation sites is 1. The van der Waals surface area contributed by atoms with Crippen LogP contribution in [0.2, 0.25) is 5.02 Å². The van der Waals surface area contributed by atoms with Crippen molar-refractivity contribution in [2.24, 2.45) is 4.99 Å². The van der Waals surface area contributed by atoms with E-state index in [0.717, 1.165) is 16.7 Å². The molecule has 1 aromatic heterocycles. The SMILES string of the molecule is CCOC(=O)C1=C(C)N=c2s/c(=C\c3ccccc3OCc3ccccc3Cl)c(=O)n2[C@@H]1c1ccc(C(C)C)cc1. The van der Waals surface area contributed by atoms with Crippen LogP contribution in [0.3, 0.4) is 0 Å². The van der Waals surface area contributed by atoms with Crippen LogP contribution in [0, 0.1) is 0 Å². The van der Waals surface area contributed by atoms with Gasteiger partial charge in [-0.25, -0.2) is 9.79 Å². The summed E-state index contributed by atoms with van der Waals surface area (Å²) in [4.78, 5) is 32.4. The molecule has 0 aliphatic carbocycles. The Bertz CT molecular complexity index is 1800. The molecule has 0 unspecified atom stereocenters. The summed E-state index contributed by atoms with van der Waals surface area (Å²) in [6.45, 7) is 8.33. The minimum absolute atomic E-state index is 0.226. The quantitative estimate of drug-likeness (QED) is 0.232. The third kappa shape index (κ3) is 5.92. The molecule has 1 atom stereocenters. The monoisotopic (exact) mass is 586 g/mol. The van der Waals surface area contributed by atoms with Crippen LogP contribution in [0.5, 0.6) is 5.75 Å². The molecule has 1 aliphatic heterocycles. The van der Waals surface area contributed by atoms with E-state index in [1.807, 2.05) is 78.9 Å². The molecule has 0 bridgehead atoms. The smallest absolute Gasteiger partial charge is 0.338 e. The molecule has 4 aromatic rings. The van der Waals surface area contributed by atoms with Gasteiger partial charge < -0.3 is 9.47 Å². The van der Waals surface area contributed by atoms with Gasteiger partial charge in [0.25, 0.3) is 5.56 Å². The van der Waals surface area contributed by atoms with Crippen molar-refractivity contribution in [1.29, 1.82) is 0 Å². The zero-order chi connectivity index (χ0) is 29.1. The summed E-state index contributed by atoms with van der Waals surface area (Å²) in [6.07, 6.45) is 1.81. The lowest BCUT2D eigenvalue weighted by molar-refractivity contribution is -0.139. The van der Waals surface area contributed by atoms with E-state index in [2.05, 4.69) is 18.8 Å². The number of hydrogen-bond acceptors (Lipinski definition) is 6. The Labute approximate surface area is 247 Å². The normalized spacial score (nSPS) is 15.1. The van der Waals surface area contributed by atoms with Gasteiger partial charge in [0.2, 0.25) is 0 Å². The Morgan fingerprint density at radius 1 is 1.07 bits per heavy atom. The van der Waals surface area contributed by atoms with E-state index >= 15 is 0 Å². The lowest BCUT2D eigenvalue weighted by Crippen LogP contribution is -2.39. The summed E-state index contributed by atoms with van der Waals surface area (Å²) in [7, 11) is 0. The Balaban J connectivity index is 1.60. The molecule has 210 valence electrons. The van der Waals surface area contributed by atoms with E-state index < -0.39 is 12.0 Å². The maximum Gasteiger partial charge on any atom is 0.338 e. The number of fused-ring (bicyclic) bond motifs is 1. The number of ether oxygens (including phenoxy) is 2. The Kier molecular flexibility index (Phi) is 8.57. The number of allylic oxidation sites excluding steroid dienone is 1. The molecule has 0 saturated heterocycles. The lowest BCUT2D eigenvalue weighted by atomic mass is 9.93. The van der Waals surface area contributed by atoms with Gasteiger partial charge in [0.15, 0.2) is 4.80 Å². The summed E-state index contributed by atoms with van der Waals surface area (Å²) < 4.78 is 13.6. The van der Waals surface area contributed by atoms with Crippen molar-refractivity contribution in [3.8, 4) is 5.75 Å². The first kappa shape index (κ1) is 28.6.